The summed E-state index contributed by atoms with van der Waals surface area (Å²) in [7, 11) is 0. The molecule has 0 N–H and O–H groups in total. The topological polar surface area (TPSA) is 59.2 Å². The van der Waals surface area contributed by atoms with Gasteiger partial charge in [0.2, 0.25) is 11.8 Å². The highest BCUT2D eigenvalue weighted by atomic mass is 35.5. The molecule has 1 aromatic carbocycles. The Morgan fingerprint density at radius 2 is 2.23 bits per heavy atom. The number of piperidine rings is 1. The van der Waals surface area contributed by atoms with Crippen LogP contribution in [0.15, 0.2) is 28.8 Å². The smallest absolute Gasteiger partial charge is 0.231 e. The van der Waals surface area contributed by atoms with Gasteiger partial charge in [0.25, 0.3) is 0 Å². The fourth-order valence-corrected chi connectivity index (χ4v) is 4.37. The van der Waals surface area contributed by atoms with Gasteiger partial charge in [-0.3, -0.25) is 4.79 Å². The van der Waals surface area contributed by atoms with Gasteiger partial charge in [-0.1, -0.05) is 42.2 Å². The van der Waals surface area contributed by atoms with Gasteiger partial charge in [0, 0.05) is 24.5 Å². The van der Waals surface area contributed by atoms with E-state index in [1.807, 2.05) is 30.0 Å². The Hall–Kier alpha value is -1.88. The van der Waals surface area contributed by atoms with Crippen molar-refractivity contribution in [3.63, 3.8) is 0 Å². The van der Waals surface area contributed by atoms with E-state index < -0.39 is 0 Å². The van der Waals surface area contributed by atoms with Crippen LogP contribution in [-0.2, 0) is 10.2 Å². The van der Waals surface area contributed by atoms with Crippen molar-refractivity contribution >= 4 is 17.5 Å². The first-order chi connectivity index (χ1) is 12.6. The van der Waals surface area contributed by atoms with Gasteiger partial charge in [-0.15, -0.1) is 0 Å². The number of nitrogens with zero attached hydrogens (tertiary/aromatic N) is 3. The first-order valence-corrected chi connectivity index (χ1v) is 9.88. The van der Waals surface area contributed by atoms with E-state index in [0.717, 1.165) is 55.1 Å². The summed E-state index contributed by atoms with van der Waals surface area (Å²) in [4.78, 5) is 18.7. The molecule has 2 heterocycles. The summed E-state index contributed by atoms with van der Waals surface area (Å²) in [6.45, 7) is 3.41. The average molecular weight is 374 g/mol. The zero-order valence-electron chi connectivity index (χ0n) is 15.1. The molecule has 2 aliphatic rings. The van der Waals surface area contributed by atoms with Gasteiger partial charge in [0.1, 0.15) is 0 Å². The van der Waals surface area contributed by atoms with Crippen molar-refractivity contribution in [3.8, 4) is 0 Å². The molecule has 1 aliphatic heterocycles. The summed E-state index contributed by atoms with van der Waals surface area (Å²) in [5.41, 5.74) is 0.982. The second-order valence-corrected chi connectivity index (χ2v) is 7.87. The largest absolute Gasteiger partial charge is 0.342 e. The minimum Gasteiger partial charge on any atom is -0.342 e. The van der Waals surface area contributed by atoms with Gasteiger partial charge in [-0.25, -0.2) is 0 Å². The van der Waals surface area contributed by atoms with E-state index in [0.29, 0.717) is 18.9 Å². The Morgan fingerprint density at radius 3 is 2.92 bits per heavy atom. The van der Waals surface area contributed by atoms with Gasteiger partial charge in [-0.05, 0) is 43.4 Å². The van der Waals surface area contributed by atoms with Gasteiger partial charge in [-0.2, -0.15) is 4.98 Å². The molecule has 1 aliphatic carbocycles. The predicted octanol–water partition coefficient (Wildman–Crippen LogP) is 4.31. The molecule has 5 nitrogen and oxygen atoms in total. The summed E-state index contributed by atoms with van der Waals surface area (Å²) in [5.74, 6) is 1.77. The van der Waals surface area contributed by atoms with E-state index in [1.165, 1.54) is 0 Å². The van der Waals surface area contributed by atoms with Crippen LogP contribution in [-0.4, -0.2) is 34.0 Å². The molecule has 2 aromatic rings. The third-order valence-corrected chi connectivity index (χ3v) is 6.11. The lowest BCUT2D eigenvalue weighted by Gasteiger charge is -2.39. The highest BCUT2D eigenvalue weighted by Crippen LogP contribution is 2.48. The highest BCUT2D eigenvalue weighted by Gasteiger charge is 2.45. The van der Waals surface area contributed by atoms with Crippen molar-refractivity contribution in [2.45, 2.75) is 56.8 Å². The molecule has 0 spiro atoms. The van der Waals surface area contributed by atoms with Crippen LogP contribution >= 0.6 is 11.6 Å². The normalized spacial score (nSPS) is 22.1. The molecular weight excluding hydrogens is 350 g/mol. The number of aromatic nitrogens is 2. The molecule has 1 unspecified atom stereocenters. The minimum atomic E-state index is -0.180. The van der Waals surface area contributed by atoms with Crippen LogP contribution in [0.1, 0.15) is 68.6 Å². The lowest BCUT2D eigenvalue weighted by molar-refractivity contribution is -0.132. The molecule has 0 bridgehead atoms. The van der Waals surface area contributed by atoms with Crippen LogP contribution in [0.25, 0.3) is 0 Å². The van der Waals surface area contributed by atoms with E-state index in [9.17, 15) is 4.79 Å². The van der Waals surface area contributed by atoms with E-state index in [-0.39, 0.29) is 17.2 Å². The van der Waals surface area contributed by atoms with Gasteiger partial charge < -0.3 is 9.42 Å². The Morgan fingerprint density at radius 1 is 1.38 bits per heavy atom. The van der Waals surface area contributed by atoms with Crippen LogP contribution in [0, 0.1) is 0 Å². The first kappa shape index (κ1) is 17.5. The Balaban J connectivity index is 1.58. The van der Waals surface area contributed by atoms with Gasteiger partial charge >= 0.3 is 0 Å². The fraction of sp³-hybridized carbons (Fsp3) is 0.550. The molecular formula is C20H24ClN3O2. The Kier molecular flexibility index (Phi) is 4.74. The summed E-state index contributed by atoms with van der Waals surface area (Å²) in [6.07, 6.45) is 5.68. The monoisotopic (exact) mass is 373 g/mol. The molecule has 6 heteroatoms. The molecule has 4 rings (SSSR count). The highest BCUT2D eigenvalue weighted by molar-refractivity contribution is 6.30. The maximum absolute atomic E-state index is 12.0. The van der Waals surface area contributed by atoms with Crippen molar-refractivity contribution in [2.75, 3.05) is 13.1 Å². The maximum Gasteiger partial charge on any atom is 0.231 e. The standard InChI is InChI=1S/C20H24ClN3O2/c1-2-17(25)24-11-4-6-14(13-24)18-22-19(23-26-18)20(9-5-10-20)15-7-3-8-16(21)12-15/h3,7-8,12,14H,2,4-6,9-11,13H2,1H3. The van der Waals surface area contributed by atoms with Crippen molar-refractivity contribution < 1.29 is 9.32 Å². The first-order valence-electron chi connectivity index (χ1n) is 9.50. The van der Waals surface area contributed by atoms with Crippen LogP contribution < -0.4 is 0 Å². The molecule has 1 aromatic heterocycles. The quantitative estimate of drug-likeness (QED) is 0.801. The van der Waals surface area contributed by atoms with Crippen LogP contribution in [0.5, 0.6) is 0 Å². The van der Waals surface area contributed by atoms with E-state index in [4.69, 9.17) is 21.1 Å². The molecule has 1 saturated carbocycles. The molecule has 1 saturated heterocycles. The second kappa shape index (κ2) is 7.03. The van der Waals surface area contributed by atoms with Crippen LogP contribution in [0.4, 0.5) is 0 Å². The fourth-order valence-electron chi connectivity index (χ4n) is 4.18. The number of carbonyl (C=O) groups excluding carboxylic acids is 1. The number of likely N-dealkylation sites (tertiary alicyclic amines) is 1. The number of amides is 1. The molecule has 1 atom stereocenters. The molecule has 26 heavy (non-hydrogen) atoms. The SMILES string of the molecule is CCC(=O)N1CCCC(c2nc(C3(c4cccc(Cl)c4)CCC3)no2)C1. The summed E-state index contributed by atoms with van der Waals surface area (Å²) in [5, 5.41) is 5.08. The molecule has 2 fully saturated rings. The third kappa shape index (κ3) is 3.02. The lowest BCUT2D eigenvalue weighted by Crippen LogP contribution is -2.39. The van der Waals surface area contributed by atoms with Gasteiger partial charge in [0.05, 0.1) is 11.3 Å². The molecule has 138 valence electrons. The minimum absolute atomic E-state index is 0.136. The van der Waals surface area contributed by atoms with Crippen molar-refractivity contribution in [1.29, 1.82) is 0 Å². The summed E-state index contributed by atoms with van der Waals surface area (Å²) in [6, 6.07) is 7.98. The number of hydrogen-bond donors (Lipinski definition) is 0. The van der Waals surface area contributed by atoms with E-state index in [1.54, 1.807) is 0 Å². The molecule has 1 amide bonds. The summed E-state index contributed by atoms with van der Waals surface area (Å²) >= 11 is 6.20. The van der Waals surface area contributed by atoms with Crippen LogP contribution in [0.3, 0.4) is 0 Å². The Bertz CT molecular complexity index is 800. The number of carbonyl (C=O) groups is 1. The molecule has 0 radical (unpaired) electrons. The van der Waals surface area contributed by atoms with Crippen LogP contribution in [0.2, 0.25) is 5.02 Å². The van der Waals surface area contributed by atoms with Gasteiger partial charge in [0.15, 0.2) is 5.82 Å². The second-order valence-electron chi connectivity index (χ2n) is 7.43. The average Bonchev–Trinajstić information content (AvgIpc) is 3.10. The van der Waals surface area contributed by atoms with E-state index >= 15 is 0 Å². The summed E-state index contributed by atoms with van der Waals surface area (Å²) < 4.78 is 5.67. The van der Waals surface area contributed by atoms with Crippen molar-refractivity contribution in [2.24, 2.45) is 0 Å². The number of halogens is 1. The lowest BCUT2D eigenvalue weighted by atomic mass is 9.64. The zero-order valence-corrected chi connectivity index (χ0v) is 15.8. The van der Waals surface area contributed by atoms with Crippen molar-refractivity contribution in [3.05, 3.63) is 46.6 Å². The number of hydrogen-bond acceptors (Lipinski definition) is 4. The van der Waals surface area contributed by atoms with Crippen molar-refractivity contribution in [1.82, 2.24) is 15.0 Å². The zero-order chi connectivity index (χ0) is 18.1. The third-order valence-electron chi connectivity index (χ3n) is 5.88. The maximum atomic E-state index is 12.0. The number of rotatable bonds is 4. The Labute approximate surface area is 158 Å². The van der Waals surface area contributed by atoms with E-state index in [2.05, 4.69) is 11.2 Å². The predicted molar refractivity (Wildman–Crippen MR) is 99.2 cm³/mol. The number of benzene rings is 1.